The second-order valence-corrected chi connectivity index (χ2v) is 4.02. The van der Waals surface area contributed by atoms with Crippen LogP contribution in [0.3, 0.4) is 0 Å². The van der Waals surface area contributed by atoms with Crippen LogP contribution < -0.4 is 11.5 Å². The van der Waals surface area contributed by atoms with E-state index in [1.165, 1.54) is 0 Å². The molecular formula is C9H14N4O5. The molecule has 1 saturated heterocycles. The maximum absolute atomic E-state index is 11.0. The minimum absolute atomic E-state index is 0.0441. The summed E-state index contributed by atoms with van der Waals surface area (Å²) >= 11 is 0. The van der Waals surface area contributed by atoms with E-state index in [-0.39, 0.29) is 17.1 Å². The van der Waals surface area contributed by atoms with Crippen LogP contribution in [0.2, 0.25) is 0 Å². The smallest absolute Gasteiger partial charge is 0.271 e. The number of anilines is 1. The van der Waals surface area contributed by atoms with Crippen molar-refractivity contribution in [2.45, 2.75) is 24.4 Å². The first-order valence-electron chi connectivity index (χ1n) is 5.23. The average molecular weight is 258 g/mol. The highest BCUT2D eigenvalue weighted by Gasteiger charge is 2.45. The van der Waals surface area contributed by atoms with Gasteiger partial charge in [0.25, 0.3) is 5.91 Å². The summed E-state index contributed by atoms with van der Waals surface area (Å²) in [5.41, 5.74) is 10.6. The normalized spacial score (nSPS) is 31.7. The van der Waals surface area contributed by atoms with Crippen LogP contribution in [0.15, 0.2) is 0 Å². The zero-order valence-electron chi connectivity index (χ0n) is 9.28. The molecule has 0 radical (unpaired) electrons. The number of H-pyrrole nitrogens is 1. The molecule has 0 unspecified atom stereocenters. The number of nitrogens with zero attached hydrogens (tertiary/aromatic N) is 1. The van der Waals surface area contributed by atoms with Gasteiger partial charge in [0, 0.05) is 0 Å². The highest BCUT2D eigenvalue weighted by Crippen LogP contribution is 2.35. The van der Waals surface area contributed by atoms with Gasteiger partial charge < -0.3 is 31.5 Å². The van der Waals surface area contributed by atoms with Gasteiger partial charge in [-0.05, 0) is 0 Å². The molecule has 1 aromatic heterocycles. The van der Waals surface area contributed by atoms with Gasteiger partial charge in [0.2, 0.25) is 0 Å². The lowest BCUT2D eigenvalue weighted by Gasteiger charge is -2.13. The zero-order chi connectivity index (χ0) is 13.4. The van der Waals surface area contributed by atoms with Crippen molar-refractivity contribution in [2.24, 2.45) is 5.73 Å². The Bertz CT molecular complexity index is 462. The largest absolute Gasteiger partial charge is 0.395 e. The number of hydrogen-bond donors (Lipinski definition) is 6. The Balaban J connectivity index is 2.30. The number of hydrogen-bond acceptors (Lipinski definition) is 7. The van der Waals surface area contributed by atoms with E-state index in [4.69, 9.17) is 21.3 Å². The van der Waals surface area contributed by atoms with Crippen LogP contribution in [0, 0.1) is 0 Å². The number of carbonyl (C=O) groups is 1. The summed E-state index contributed by atoms with van der Waals surface area (Å²) in [6.45, 7) is -0.453. The lowest BCUT2D eigenvalue weighted by atomic mass is 10.0. The third-order valence-corrected chi connectivity index (χ3v) is 2.89. The van der Waals surface area contributed by atoms with Crippen molar-refractivity contribution in [3.8, 4) is 0 Å². The van der Waals surface area contributed by atoms with Crippen molar-refractivity contribution < 1.29 is 24.9 Å². The molecule has 2 heterocycles. The van der Waals surface area contributed by atoms with Gasteiger partial charge in [-0.3, -0.25) is 9.89 Å². The maximum Gasteiger partial charge on any atom is 0.271 e. The van der Waals surface area contributed by atoms with Gasteiger partial charge in [-0.1, -0.05) is 0 Å². The number of aromatic amines is 1. The molecule has 1 aromatic rings. The molecule has 9 nitrogen and oxygen atoms in total. The van der Waals surface area contributed by atoms with Crippen LogP contribution in [0.4, 0.5) is 5.69 Å². The van der Waals surface area contributed by atoms with Gasteiger partial charge >= 0.3 is 0 Å². The van der Waals surface area contributed by atoms with Crippen LogP contribution in [-0.4, -0.2) is 56.3 Å². The van der Waals surface area contributed by atoms with Gasteiger partial charge in [-0.25, -0.2) is 0 Å². The number of amides is 1. The molecule has 9 heteroatoms. The molecule has 0 aromatic carbocycles. The minimum atomic E-state index is -1.29. The third kappa shape index (κ3) is 1.82. The van der Waals surface area contributed by atoms with Crippen molar-refractivity contribution in [1.29, 1.82) is 0 Å². The van der Waals surface area contributed by atoms with Crippen LogP contribution in [-0.2, 0) is 4.74 Å². The summed E-state index contributed by atoms with van der Waals surface area (Å²) in [5.74, 6) is -0.818. The predicted molar refractivity (Wildman–Crippen MR) is 58.2 cm³/mol. The number of carbonyl (C=O) groups excluding carboxylic acids is 1. The lowest BCUT2D eigenvalue weighted by Crippen LogP contribution is -2.32. The topological polar surface area (TPSA) is 168 Å². The standard InChI is InChI=1S/C9H14N4O5/c10-3-4(12-13-5(3)9(11)17)8-7(16)6(15)2(1-14)18-8/h2,6-8,14-16H,1,10H2,(H2,11,17)(H,12,13)/t2-,6-,7-,8+/m1/s1. The molecule has 4 atom stereocenters. The van der Waals surface area contributed by atoms with Crippen molar-refractivity contribution in [2.75, 3.05) is 12.3 Å². The van der Waals surface area contributed by atoms with Gasteiger partial charge in [0.05, 0.1) is 18.0 Å². The Morgan fingerprint density at radius 1 is 1.44 bits per heavy atom. The van der Waals surface area contributed by atoms with E-state index in [1.807, 2.05) is 0 Å². The first-order valence-corrected chi connectivity index (χ1v) is 5.23. The Kier molecular flexibility index (Phi) is 3.22. The fourth-order valence-corrected chi connectivity index (χ4v) is 1.91. The second kappa shape index (κ2) is 4.53. The van der Waals surface area contributed by atoms with E-state index in [9.17, 15) is 15.0 Å². The van der Waals surface area contributed by atoms with Crippen LogP contribution in [0.1, 0.15) is 22.3 Å². The van der Waals surface area contributed by atoms with Crippen molar-refractivity contribution >= 4 is 11.6 Å². The molecule has 0 spiro atoms. The Morgan fingerprint density at radius 3 is 2.56 bits per heavy atom. The van der Waals surface area contributed by atoms with Crippen LogP contribution >= 0.6 is 0 Å². The summed E-state index contributed by atoms with van der Waals surface area (Å²) in [6, 6.07) is 0. The molecule has 0 saturated carbocycles. The molecule has 100 valence electrons. The summed E-state index contributed by atoms with van der Waals surface area (Å²) in [6.07, 6.45) is -4.46. The quantitative estimate of drug-likeness (QED) is 0.341. The molecule has 2 rings (SSSR count). The number of ether oxygens (including phenoxy) is 1. The number of aromatic nitrogens is 2. The molecule has 0 aliphatic carbocycles. The number of nitrogens with two attached hydrogens (primary N) is 2. The SMILES string of the molecule is NC(=O)c1n[nH]c([C@@H]2O[C@H](CO)[C@@H](O)[C@H]2O)c1N. The first kappa shape index (κ1) is 12.8. The highest BCUT2D eigenvalue weighted by atomic mass is 16.6. The molecule has 1 amide bonds. The maximum atomic E-state index is 11.0. The number of nitrogen functional groups attached to an aromatic ring is 1. The summed E-state index contributed by atoms with van der Waals surface area (Å²) in [5, 5.41) is 34.4. The highest BCUT2D eigenvalue weighted by molar-refractivity contribution is 5.96. The first-order chi connectivity index (χ1) is 8.47. The minimum Gasteiger partial charge on any atom is -0.395 e. The van der Waals surface area contributed by atoms with Gasteiger partial charge in [0.1, 0.15) is 24.4 Å². The molecule has 8 N–H and O–H groups in total. The fourth-order valence-electron chi connectivity index (χ4n) is 1.91. The number of nitrogens with one attached hydrogen (secondary N) is 1. The molecule has 1 aliphatic heterocycles. The molecule has 0 bridgehead atoms. The average Bonchev–Trinajstić information content (AvgIpc) is 2.82. The van der Waals surface area contributed by atoms with Crippen molar-refractivity contribution in [1.82, 2.24) is 10.2 Å². The Hall–Kier alpha value is -1.68. The van der Waals surface area contributed by atoms with Gasteiger partial charge in [-0.15, -0.1) is 0 Å². The van der Waals surface area contributed by atoms with E-state index in [0.717, 1.165) is 0 Å². The van der Waals surface area contributed by atoms with Crippen molar-refractivity contribution in [3.05, 3.63) is 11.4 Å². The van der Waals surface area contributed by atoms with E-state index in [1.54, 1.807) is 0 Å². The fraction of sp³-hybridized carbons (Fsp3) is 0.556. The van der Waals surface area contributed by atoms with Crippen LogP contribution in [0.25, 0.3) is 0 Å². The summed E-state index contributed by atoms with van der Waals surface area (Å²) in [7, 11) is 0. The van der Waals surface area contributed by atoms with Gasteiger partial charge in [-0.2, -0.15) is 5.10 Å². The molecule has 18 heavy (non-hydrogen) atoms. The van der Waals surface area contributed by atoms with E-state index < -0.39 is 36.9 Å². The Labute approximate surface area is 101 Å². The monoisotopic (exact) mass is 258 g/mol. The summed E-state index contributed by atoms with van der Waals surface area (Å²) in [4.78, 5) is 11.0. The second-order valence-electron chi connectivity index (χ2n) is 4.02. The number of primary amides is 1. The zero-order valence-corrected chi connectivity index (χ0v) is 9.28. The Morgan fingerprint density at radius 2 is 2.11 bits per heavy atom. The predicted octanol–water partition coefficient (Wildman–Crippen LogP) is -2.76. The number of aliphatic hydroxyl groups is 3. The third-order valence-electron chi connectivity index (χ3n) is 2.89. The number of aliphatic hydroxyl groups excluding tert-OH is 3. The van der Waals surface area contributed by atoms with Crippen LogP contribution in [0.5, 0.6) is 0 Å². The van der Waals surface area contributed by atoms with Gasteiger partial charge in [0.15, 0.2) is 5.69 Å². The van der Waals surface area contributed by atoms with E-state index in [2.05, 4.69) is 10.2 Å². The molecule has 1 aliphatic rings. The van der Waals surface area contributed by atoms with Crippen molar-refractivity contribution in [3.63, 3.8) is 0 Å². The molecule has 1 fully saturated rings. The summed E-state index contributed by atoms with van der Waals surface area (Å²) < 4.78 is 5.24. The lowest BCUT2D eigenvalue weighted by molar-refractivity contribution is -0.0237. The molecular weight excluding hydrogens is 244 g/mol. The van der Waals surface area contributed by atoms with E-state index >= 15 is 0 Å². The van der Waals surface area contributed by atoms with E-state index in [0.29, 0.717) is 0 Å². The number of rotatable bonds is 3.